The summed E-state index contributed by atoms with van der Waals surface area (Å²) in [5, 5.41) is 1.20. The van der Waals surface area contributed by atoms with Crippen LogP contribution in [0.4, 0.5) is 11.4 Å². The number of hydrogen-bond acceptors (Lipinski definition) is 3. The molecule has 1 aromatic heterocycles. The van der Waals surface area contributed by atoms with Crippen molar-refractivity contribution >= 4 is 22.3 Å². The second-order valence-corrected chi connectivity index (χ2v) is 10.5. The Balaban J connectivity index is 1.64. The largest absolute Gasteiger partial charge is 0.472 e. The summed E-state index contributed by atoms with van der Waals surface area (Å²) >= 11 is 0. The van der Waals surface area contributed by atoms with Gasteiger partial charge in [-0.1, -0.05) is 42.0 Å². The number of hydrogen-bond donors (Lipinski definition) is 1. The second-order valence-electron chi connectivity index (χ2n) is 10.5. The number of aromatic amines is 1. The molecule has 0 radical (unpaired) electrons. The molecular weight excluding hydrogens is 442 g/mol. The average Bonchev–Trinajstić information content (AvgIpc) is 3.39. The minimum absolute atomic E-state index is 0.739. The molecule has 178 valence electrons. The maximum atomic E-state index is 7.23. The molecular formula is C32H29N3O. The van der Waals surface area contributed by atoms with Gasteiger partial charge in [-0.05, 0) is 60.5 Å². The van der Waals surface area contributed by atoms with Crippen molar-refractivity contribution in [1.29, 1.82) is 0 Å². The van der Waals surface area contributed by atoms with E-state index in [0.717, 1.165) is 22.5 Å². The van der Waals surface area contributed by atoms with Gasteiger partial charge in [0.25, 0.3) is 0 Å². The van der Waals surface area contributed by atoms with Crippen molar-refractivity contribution < 1.29 is 4.74 Å². The Morgan fingerprint density at radius 1 is 0.694 bits per heavy atom. The van der Waals surface area contributed by atoms with Crippen molar-refractivity contribution in [3.05, 3.63) is 101 Å². The van der Waals surface area contributed by atoms with Crippen molar-refractivity contribution in [3.8, 4) is 28.1 Å². The highest BCUT2D eigenvalue weighted by Crippen LogP contribution is 2.60. The van der Waals surface area contributed by atoms with Gasteiger partial charge in [0.2, 0.25) is 0 Å². The van der Waals surface area contributed by atoms with Crippen LogP contribution in [-0.2, 0) is 5.60 Å². The third kappa shape index (κ3) is 2.64. The van der Waals surface area contributed by atoms with E-state index in [4.69, 9.17) is 4.74 Å². The lowest BCUT2D eigenvalue weighted by Gasteiger charge is -2.38. The Labute approximate surface area is 211 Å². The van der Waals surface area contributed by atoms with E-state index in [1.54, 1.807) is 0 Å². The van der Waals surface area contributed by atoms with Gasteiger partial charge in [-0.15, -0.1) is 0 Å². The molecule has 4 heteroatoms. The normalized spacial score (nSPS) is 14.1. The molecule has 5 aromatic rings. The zero-order valence-corrected chi connectivity index (χ0v) is 21.3. The predicted molar refractivity (Wildman–Crippen MR) is 150 cm³/mol. The van der Waals surface area contributed by atoms with Crippen molar-refractivity contribution in [2.75, 3.05) is 38.0 Å². The first-order valence-electron chi connectivity index (χ1n) is 12.4. The van der Waals surface area contributed by atoms with Gasteiger partial charge in [-0.25, -0.2) is 0 Å². The summed E-state index contributed by atoms with van der Waals surface area (Å²) in [5.41, 5.74) is 12.3. The quantitative estimate of drug-likeness (QED) is 0.303. The molecule has 0 unspecified atom stereocenters. The van der Waals surface area contributed by atoms with Crippen LogP contribution in [0.1, 0.15) is 22.3 Å². The zero-order chi connectivity index (χ0) is 24.8. The van der Waals surface area contributed by atoms with Crippen molar-refractivity contribution in [2.24, 2.45) is 0 Å². The number of aryl methyl sites for hydroxylation is 1. The number of H-pyrrole nitrogens is 1. The number of rotatable bonds is 2. The van der Waals surface area contributed by atoms with Crippen molar-refractivity contribution in [1.82, 2.24) is 4.98 Å². The standard InChI is InChI=1S/C32H29N3O/c1-19-10-15-29-25(16-19)31-30(22-8-6-7-9-28(22)33-31)32(36-29)26-13-11-20(34(2)3)17-23(26)24-18-21(35(4)5)12-14-27(24)32/h6-18,33H,1-5H3. The first-order chi connectivity index (χ1) is 17.4. The lowest BCUT2D eigenvalue weighted by Crippen LogP contribution is -2.36. The number of aromatic nitrogens is 1. The van der Waals surface area contributed by atoms with Gasteiger partial charge in [0.05, 0.1) is 5.69 Å². The summed E-state index contributed by atoms with van der Waals surface area (Å²) in [6.45, 7) is 2.14. The molecule has 0 saturated carbocycles. The van der Waals surface area contributed by atoms with Crippen molar-refractivity contribution in [3.63, 3.8) is 0 Å². The third-order valence-electron chi connectivity index (χ3n) is 7.81. The van der Waals surface area contributed by atoms with E-state index < -0.39 is 5.60 Å². The molecule has 1 aliphatic heterocycles. The zero-order valence-electron chi connectivity index (χ0n) is 21.3. The molecule has 0 fully saturated rings. The fraction of sp³-hybridized carbons (Fsp3) is 0.188. The highest BCUT2D eigenvalue weighted by Gasteiger charge is 2.52. The highest BCUT2D eigenvalue weighted by molar-refractivity contribution is 5.99. The summed E-state index contributed by atoms with van der Waals surface area (Å²) in [6, 6.07) is 28.7. The molecule has 0 saturated heterocycles. The highest BCUT2D eigenvalue weighted by atomic mass is 16.5. The Morgan fingerprint density at radius 2 is 1.33 bits per heavy atom. The number of nitrogens with one attached hydrogen (secondary N) is 1. The number of nitrogens with zero attached hydrogens (tertiary/aromatic N) is 2. The SMILES string of the molecule is Cc1ccc2c(c1)-c1[nH]c3ccccc3c1C1(O2)c2ccc(N(C)C)cc2-c2cc(N(C)C)ccc21. The summed E-state index contributed by atoms with van der Waals surface area (Å²) in [6.07, 6.45) is 0. The molecule has 1 aliphatic carbocycles. The molecule has 2 aliphatic rings. The number of para-hydroxylation sites is 1. The van der Waals surface area contributed by atoms with Crippen molar-refractivity contribution in [2.45, 2.75) is 12.5 Å². The smallest absolute Gasteiger partial charge is 0.188 e. The predicted octanol–water partition coefficient (Wildman–Crippen LogP) is 6.94. The summed E-state index contributed by atoms with van der Waals surface area (Å²) in [4.78, 5) is 8.10. The molecule has 7 rings (SSSR count). The number of benzene rings is 4. The third-order valence-corrected chi connectivity index (χ3v) is 7.81. The molecule has 0 bridgehead atoms. The van der Waals surface area contributed by atoms with E-state index in [0.29, 0.717) is 0 Å². The first kappa shape index (κ1) is 21.1. The lowest BCUT2D eigenvalue weighted by atomic mass is 9.79. The summed E-state index contributed by atoms with van der Waals surface area (Å²) < 4.78 is 7.23. The molecule has 1 spiro atoms. The molecule has 1 N–H and O–H groups in total. The molecule has 0 atom stereocenters. The minimum Gasteiger partial charge on any atom is -0.472 e. The van der Waals surface area contributed by atoms with Crippen LogP contribution in [0.2, 0.25) is 0 Å². The maximum absolute atomic E-state index is 7.23. The van der Waals surface area contributed by atoms with Gasteiger partial charge in [-0.3, -0.25) is 0 Å². The fourth-order valence-corrected chi connectivity index (χ4v) is 6.06. The van der Waals surface area contributed by atoms with Gasteiger partial charge in [0.15, 0.2) is 5.60 Å². The van der Waals surface area contributed by atoms with Crippen LogP contribution in [0.5, 0.6) is 5.75 Å². The van der Waals surface area contributed by atoms with Gasteiger partial charge >= 0.3 is 0 Å². The number of anilines is 2. The van der Waals surface area contributed by atoms with E-state index >= 15 is 0 Å². The van der Waals surface area contributed by atoms with Crippen LogP contribution in [0.3, 0.4) is 0 Å². The Bertz CT molecular complexity index is 1630. The molecule has 4 aromatic carbocycles. The summed E-state index contributed by atoms with van der Waals surface area (Å²) in [5.74, 6) is 0.909. The van der Waals surface area contributed by atoms with Gasteiger partial charge in [0.1, 0.15) is 5.75 Å². The summed E-state index contributed by atoms with van der Waals surface area (Å²) in [7, 11) is 8.38. The molecule has 0 amide bonds. The lowest BCUT2D eigenvalue weighted by molar-refractivity contribution is 0.158. The van der Waals surface area contributed by atoms with Gasteiger partial charge in [-0.2, -0.15) is 0 Å². The Hall–Kier alpha value is -4.18. The Morgan fingerprint density at radius 3 is 1.97 bits per heavy atom. The van der Waals surface area contributed by atoms with E-state index in [1.807, 2.05) is 0 Å². The first-order valence-corrected chi connectivity index (χ1v) is 12.4. The van der Waals surface area contributed by atoms with Gasteiger partial charge < -0.3 is 19.5 Å². The molecule has 36 heavy (non-hydrogen) atoms. The monoisotopic (exact) mass is 471 g/mol. The van der Waals surface area contributed by atoms with Crippen LogP contribution < -0.4 is 14.5 Å². The molecule has 2 heterocycles. The van der Waals surface area contributed by atoms with E-state index in [9.17, 15) is 0 Å². The minimum atomic E-state index is -0.739. The van der Waals surface area contributed by atoms with Crippen LogP contribution in [0.25, 0.3) is 33.3 Å². The van der Waals surface area contributed by atoms with Crippen LogP contribution >= 0.6 is 0 Å². The second kappa shape index (κ2) is 7.17. The fourth-order valence-electron chi connectivity index (χ4n) is 6.06. The number of ether oxygens (including phenoxy) is 1. The van der Waals surface area contributed by atoms with Crippen LogP contribution in [0, 0.1) is 6.92 Å². The van der Waals surface area contributed by atoms with E-state index in [-0.39, 0.29) is 0 Å². The maximum Gasteiger partial charge on any atom is 0.188 e. The number of fused-ring (bicyclic) bond motifs is 11. The van der Waals surface area contributed by atoms with Crippen LogP contribution in [0.15, 0.2) is 78.9 Å². The molecule has 4 nitrogen and oxygen atoms in total. The van der Waals surface area contributed by atoms with Gasteiger partial charge in [0, 0.05) is 72.7 Å². The van der Waals surface area contributed by atoms with E-state index in [1.165, 1.54) is 50.1 Å². The average molecular weight is 472 g/mol. The van der Waals surface area contributed by atoms with Crippen LogP contribution in [-0.4, -0.2) is 33.2 Å². The Kier molecular flexibility index (Phi) is 4.21. The topological polar surface area (TPSA) is 31.5 Å². The van der Waals surface area contributed by atoms with E-state index in [2.05, 4.69) is 129 Å².